The van der Waals surface area contributed by atoms with Crippen molar-refractivity contribution in [2.45, 2.75) is 25.8 Å². The van der Waals surface area contributed by atoms with Crippen LogP contribution in [0.2, 0.25) is 0 Å². The molecule has 0 fully saturated rings. The summed E-state index contributed by atoms with van der Waals surface area (Å²) in [4.78, 5) is 13.3. The van der Waals surface area contributed by atoms with Gasteiger partial charge in [-0.1, -0.05) is 18.2 Å². The van der Waals surface area contributed by atoms with E-state index in [1.165, 1.54) is 21.7 Å². The highest BCUT2D eigenvalue weighted by Gasteiger charge is 2.23. The van der Waals surface area contributed by atoms with Crippen molar-refractivity contribution in [3.05, 3.63) is 51.7 Å². The summed E-state index contributed by atoms with van der Waals surface area (Å²) in [6, 6.07) is 10.3. The Morgan fingerprint density at radius 1 is 1.40 bits per heavy atom. The van der Waals surface area contributed by atoms with Crippen LogP contribution >= 0.6 is 11.3 Å². The molecule has 1 aromatic carbocycles. The fourth-order valence-electron chi connectivity index (χ4n) is 2.60. The molecule has 0 bridgehead atoms. The minimum absolute atomic E-state index is 0.126. The fraction of sp³-hybridized carbons (Fsp3) is 0.312. The van der Waals surface area contributed by atoms with E-state index < -0.39 is 0 Å². The first-order chi connectivity index (χ1) is 9.74. The standard InChI is InChI=1S/C16H18N2OS/c1-11-6-7-20-15(11)10-18-16(19)8-12-9-17-14-5-3-2-4-13(12)14/h2-7,12,17H,8-10H2,1H3,(H,18,19). The van der Waals surface area contributed by atoms with Gasteiger partial charge in [0.05, 0.1) is 6.54 Å². The third kappa shape index (κ3) is 2.70. The molecule has 3 nitrogen and oxygen atoms in total. The first kappa shape index (κ1) is 13.2. The topological polar surface area (TPSA) is 41.1 Å². The molecule has 3 rings (SSSR count). The van der Waals surface area contributed by atoms with Crippen LogP contribution in [0.1, 0.15) is 28.3 Å². The van der Waals surface area contributed by atoms with Gasteiger partial charge in [0, 0.05) is 29.4 Å². The number of nitrogens with one attached hydrogen (secondary N) is 2. The van der Waals surface area contributed by atoms with E-state index in [9.17, 15) is 4.79 Å². The van der Waals surface area contributed by atoms with Crippen LogP contribution in [-0.2, 0) is 11.3 Å². The Hall–Kier alpha value is -1.81. The lowest BCUT2D eigenvalue weighted by Gasteiger charge is -2.10. The van der Waals surface area contributed by atoms with Gasteiger partial charge in [0.1, 0.15) is 0 Å². The number of carbonyl (C=O) groups excluding carboxylic acids is 1. The van der Waals surface area contributed by atoms with Crippen LogP contribution in [0.5, 0.6) is 0 Å². The van der Waals surface area contributed by atoms with Crippen molar-refractivity contribution in [3.63, 3.8) is 0 Å². The zero-order valence-corrected chi connectivity index (χ0v) is 12.3. The summed E-state index contributed by atoms with van der Waals surface area (Å²) in [5, 5.41) is 8.45. The second kappa shape index (κ2) is 5.67. The predicted octanol–water partition coefficient (Wildman–Crippen LogP) is 3.27. The van der Waals surface area contributed by atoms with E-state index >= 15 is 0 Å². The van der Waals surface area contributed by atoms with Gasteiger partial charge in [0.15, 0.2) is 0 Å². The third-order valence-corrected chi connectivity index (χ3v) is 4.81. The lowest BCUT2D eigenvalue weighted by Crippen LogP contribution is -2.25. The summed E-state index contributed by atoms with van der Waals surface area (Å²) in [7, 11) is 0. The number of fused-ring (bicyclic) bond motifs is 1. The Morgan fingerprint density at radius 3 is 3.05 bits per heavy atom. The Morgan fingerprint density at radius 2 is 2.25 bits per heavy atom. The Kier molecular flexibility index (Phi) is 3.74. The van der Waals surface area contributed by atoms with Crippen LogP contribution in [0, 0.1) is 6.92 Å². The number of thiophene rings is 1. The van der Waals surface area contributed by atoms with Crippen molar-refractivity contribution in [2.75, 3.05) is 11.9 Å². The second-order valence-corrected chi connectivity index (χ2v) is 6.17. The van der Waals surface area contributed by atoms with E-state index in [1.54, 1.807) is 11.3 Å². The molecule has 0 spiro atoms. The van der Waals surface area contributed by atoms with Gasteiger partial charge < -0.3 is 10.6 Å². The number of rotatable bonds is 4. The molecule has 1 aliphatic heterocycles. The summed E-state index contributed by atoms with van der Waals surface area (Å²) in [6.45, 7) is 3.57. The molecule has 2 N–H and O–H groups in total. The monoisotopic (exact) mass is 286 g/mol. The molecule has 0 radical (unpaired) electrons. The van der Waals surface area contributed by atoms with Gasteiger partial charge in [-0.05, 0) is 35.6 Å². The number of para-hydroxylation sites is 1. The number of hydrogen-bond acceptors (Lipinski definition) is 3. The maximum absolute atomic E-state index is 12.1. The molecular formula is C16H18N2OS. The SMILES string of the molecule is Cc1ccsc1CNC(=O)CC1CNc2ccccc21. The molecule has 1 aliphatic rings. The van der Waals surface area contributed by atoms with Gasteiger partial charge >= 0.3 is 0 Å². The van der Waals surface area contributed by atoms with Crippen molar-refractivity contribution < 1.29 is 4.79 Å². The minimum atomic E-state index is 0.126. The molecular weight excluding hydrogens is 268 g/mol. The molecule has 1 aromatic heterocycles. The zero-order chi connectivity index (χ0) is 13.9. The predicted molar refractivity (Wildman–Crippen MR) is 83.2 cm³/mol. The molecule has 1 amide bonds. The Bertz CT molecular complexity index is 620. The smallest absolute Gasteiger partial charge is 0.220 e. The van der Waals surface area contributed by atoms with Crippen molar-refractivity contribution in [1.29, 1.82) is 0 Å². The van der Waals surface area contributed by atoms with Crippen molar-refractivity contribution in [2.24, 2.45) is 0 Å². The maximum Gasteiger partial charge on any atom is 0.220 e. The normalized spacial score (nSPS) is 16.6. The molecule has 0 aliphatic carbocycles. The molecule has 1 atom stereocenters. The maximum atomic E-state index is 12.1. The number of benzene rings is 1. The van der Waals surface area contributed by atoms with Gasteiger partial charge in [-0.15, -0.1) is 11.3 Å². The molecule has 104 valence electrons. The average molecular weight is 286 g/mol. The van der Waals surface area contributed by atoms with Crippen LogP contribution in [0.3, 0.4) is 0 Å². The van der Waals surface area contributed by atoms with E-state index in [0.717, 1.165) is 6.54 Å². The highest BCUT2D eigenvalue weighted by molar-refractivity contribution is 7.10. The highest BCUT2D eigenvalue weighted by atomic mass is 32.1. The van der Waals surface area contributed by atoms with E-state index in [4.69, 9.17) is 0 Å². The van der Waals surface area contributed by atoms with Gasteiger partial charge in [-0.3, -0.25) is 4.79 Å². The quantitative estimate of drug-likeness (QED) is 0.905. The molecule has 2 heterocycles. The molecule has 0 saturated carbocycles. The number of hydrogen-bond donors (Lipinski definition) is 2. The number of anilines is 1. The summed E-state index contributed by atoms with van der Waals surface area (Å²) in [6.07, 6.45) is 0.550. The van der Waals surface area contributed by atoms with Crippen LogP contribution in [0.4, 0.5) is 5.69 Å². The minimum Gasteiger partial charge on any atom is -0.384 e. The van der Waals surface area contributed by atoms with Gasteiger partial charge in [0.2, 0.25) is 5.91 Å². The lowest BCUT2D eigenvalue weighted by atomic mass is 9.97. The number of aryl methyl sites for hydroxylation is 1. The summed E-state index contributed by atoms with van der Waals surface area (Å²) >= 11 is 1.70. The van der Waals surface area contributed by atoms with E-state index in [1.807, 2.05) is 12.1 Å². The van der Waals surface area contributed by atoms with Crippen molar-refractivity contribution >= 4 is 22.9 Å². The first-order valence-electron chi connectivity index (χ1n) is 6.86. The molecule has 20 heavy (non-hydrogen) atoms. The van der Waals surface area contributed by atoms with Crippen molar-refractivity contribution in [1.82, 2.24) is 5.32 Å². The molecule has 1 unspecified atom stereocenters. The summed E-state index contributed by atoms with van der Waals surface area (Å²) < 4.78 is 0. The summed E-state index contributed by atoms with van der Waals surface area (Å²) in [5.41, 5.74) is 3.68. The van der Waals surface area contributed by atoms with Crippen LogP contribution in [0.25, 0.3) is 0 Å². The Balaban J connectivity index is 1.57. The van der Waals surface area contributed by atoms with E-state index in [-0.39, 0.29) is 11.8 Å². The number of amides is 1. The molecule has 2 aromatic rings. The second-order valence-electron chi connectivity index (χ2n) is 5.17. The summed E-state index contributed by atoms with van der Waals surface area (Å²) in [5.74, 6) is 0.414. The van der Waals surface area contributed by atoms with Crippen molar-refractivity contribution in [3.8, 4) is 0 Å². The van der Waals surface area contributed by atoms with Crippen LogP contribution in [0.15, 0.2) is 35.7 Å². The molecule has 4 heteroatoms. The van der Waals surface area contributed by atoms with E-state index in [2.05, 4.69) is 41.1 Å². The first-order valence-corrected chi connectivity index (χ1v) is 7.74. The molecule has 0 saturated heterocycles. The Labute approximate surface area is 123 Å². The van der Waals surface area contributed by atoms with Gasteiger partial charge in [-0.2, -0.15) is 0 Å². The highest BCUT2D eigenvalue weighted by Crippen LogP contribution is 2.33. The average Bonchev–Trinajstić information content (AvgIpc) is 3.04. The zero-order valence-electron chi connectivity index (χ0n) is 11.5. The largest absolute Gasteiger partial charge is 0.384 e. The van der Waals surface area contributed by atoms with Gasteiger partial charge in [0.25, 0.3) is 0 Å². The van der Waals surface area contributed by atoms with Gasteiger partial charge in [-0.25, -0.2) is 0 Å². The lowest BCUT2D eigenvalue weighted by molar-refractivity contribution is -0.121. The fourth-order valence-corrected chi connectivity index (χ4v) is 3.45. The number of carbonyl (C=O) groups is 1. The van der Waals surface area contributed by atoms with E-state index in [0.29, 0.717) is 13.0 Å². The third-order valence-electron chi connectivity index (χ3n) is 3.79. The van der Waals surface area contributed by atoms with Crippen LogP contribution < -0.4 is 10.6 Å². The van der Waals surface area contributed by atoms with Crippen LogP contribution in [-0.4, -0.2) is 12.5 Å².